The number of H-pyrrole nitrogens is 1. The molecular formula is C28H23Cl2F2N3O6. The van der Waals surface area contributed by atoms with Crippen LogP contribution in [-0.4, -0.2) is 33.7 Å². The lowest BCUT2D eigenvalue weighted by atomic mass is 10.0. The Hall–Kier alpha value is -3.96. The fourth-order valence-corrected chi connectivity index (χ4v) is 4.81. The van der Waals surface area contributed by atoms with Crippen molar-refractivity contribution in [3.63, 3.8) is 0 Å². The lowest BCUT2D eigenvalue weighted by Crippen LogP contribution is -2.33. The molecular weight excluding hydrogens is 583 g/mol. The summed E-state index contributed by atoms with van der Waals surface area (Å²) < 4.78 is 43.5. The number of aromatic amines is 1. The van der Waals surface area contributed by atoms with Gasteiger partial charge in [0, 0.05) is 18.8 Å². The van der Waals surface area contributed by atoms with Crippen molar-refractivity contribution < 1.29 is 27.8 Å². The normalized spacial score (nSPS) is 13.8. The van der Waals surface area contributed by atoms with Crippen LogP contribution < -0.4 is 20.7 Å². The summed E-state index contributed by atoms with van der Waals surface area (Å²) in [6.07, 6.45) is 3.68. The number of hydrogen-bond donors (Lipinski definition) is 1. The van der Waals surface area contributed by atoms with Gasteiger partial charge in [0.1, 0.15) is 12.6 Å². The molecule has 1 N–H and O–H groups in total. The third-order valence-corrected chi connectivity index (χ3v) is 7.19. The van der Waals surface area contributed by atoms with E-state index in [-0.39, 0.29) is 38.9 Å². The van der Waals surface area contributed by atoms with Crippen molar-refractivity contribution in [2.24, 2.45) is 5.92 Å². The number of carbonyl (C=O) groups excluding carboxylic acids is 1. The Bertz CT molecular complexity index is 1690. The highest BCUT2D eigenvalue weighted by Crippen LogP contribution is 2.38. The second-order valence-corrected chi connectivity index (χ2v) is 10.3. The van der Waals surface area contributed by atoms with Crippen LogP contribution in [0.3, 0.4) is 0 Å². The van der Waals surface area contributed by atoms with Gasteiger partial charge in [0.05, 0.1) is 27.6 Å². The van der Waals surface area contributed by atoms with Crippen LogP contribution in [0.5, 0.6) is 11.5 Å². The van der Waals surface area contributed by atoms with Gasteiger partial charge in [-0.3, -0.25) is 24.1 Å². The van der Waals surface area contributed by atoms with E-state index in [0.717, 1.165) is 17.4 Å². The molecule has 2 heterocycles. The minimum absolute atomic E-state index is 0.00961. The van der Waals surface area contributed by atoms with Crippen LogP contribution in [-0.2, 0) is 22.5 Å². The van der Waals surface area contributed by atoms with E-state index < -0.39 is 36.5 Å². The smallest absolute Gasteiger partial charge is 0.387 e. The van der Waals surface area contributed by atoms with Gasteiger partial charge < -0.3 is 14.2 Å². The second-order valence-electron chi connectivity index (χ2n) is 9.47. The zero-order valence-corrected chi connectivity index (χ0v) is 22.8. The predicted molar refractivity (Wildman–Crippen MR) is 147 cm³/mol. The lowest BCUT2D eigenvalue weighted by molar-refractivity contribution is -0.150. The van der Waals surface area contributed by atoms with Crippen LogP contribution in [0.2, 0.25) is 10.0 Å². The van der Waals surface area contributed by atoms with Crippen molar-refractivity contribution in [1.82, 2.24) is 14.5 Å². The molecule has 1 saturated carbocycles. The Morgan fingerprint density at radius 2 is 1.80 bits per heavy atom. The third kappa shape index (κ3) is 6.86. The molecule has 0 saturated heterocycles. The highest BCUT2D eigenvalue weighted by Gasteiger charge is 2.26. The first-order valence-corrected chi connectivity index (χ1v) is 13.4. The maximum atomic E-state index is 13.3. The topological polar surface area (TPSA) is 113 Å². The van der Waals surface area contributed by atoms with Gasteiger partial charge in [0.25, 0.3) is 5.56 Å². The van der Waals surface area contributed by atoms with Crippen LogP contribution in [0.25, 0.3) is 10.9 Å². The molecule has 2 aromatic carbocycles. The number of nitrogens with one attached hydrogen (secondary N) is 1. The number of pyridine rings is 1. The average molecular weight is 606 g/mol. The molecule has 1 atom stereocenters. The molecule has 0 amide bonds. The van der Waals surface area contributed by atoms with E-state index in [1.807, 2.05) is 0 Å². The summed E-state index contributed by atoms with van der Waals surface area (Å²) in [5, 5.41) is 0.674. The number of fused-ring (bicyclic) bond motifs is 1. The lowest BCUT2D eigenvalue weighted by Gasteiger charge is -2.22. The van der Waals surface area contributed by atoms with Crippen molar-refractivity contribution in [1.29, 1.82) is 0 Å². The highest BCUT2D eigenvalue weighted by molar-refractivity contribution is 6.35. The maximum Gasteiger partial charge on any atom is 0.387 e. The third-order valence-electron chi connectivity index (χ3n) is 6.53. The summed E-state index contributed by atoms with van der Waals surface area (Å²) in [6, 6.07) is 10.6. The maximum absolute atomic E-state index is 13.3. The summed E-state index contributed by atoms with van der Waals surface area (Å²) in [5.41, 5.74) is -0.305. The number of para-hydroxylation sites is 1. The molecule has 0 aliphatic heterocycles. The molecule has 13 heteroatoms. The molecule has 5 rings (SSSR count). The summed E-state index contributed by atoms with van der Waals surface area (Å²) in [5.74, 6) is -0.596. The Morgan fingerprint density at radius 3 is 2.51 bits per heavy atom. The van der Waals surface area contributed by atoms with Crippen LogP contribution in [0.1, 0.15) is 30.1 Å². The van der Waals surface area contributed by atoms with E-state index in [0.29, 0.717) is 23.7 Å². The number of benzene rings is 2. The van der Waals surface area contributed by atoms with Crippen molar-refractivity contribution >= 4 is 40.1 Å². The molecule has 9 nitrogen and oxygen atoms in total. The molecule has 1 aliphatic rings. The Balaban J connectivity index is 1.49. The SMILES string of the molecule is O=C(Cn1c(=O)[nH]c(=O)c2ccccc21)O[C@@H](Cc1c(Cl)cncc1Cl)c1ccc(OC(F)F)c(OCC2CC2)c1. The number of aromatic nitrogens is 3. The molecule has 1 fully saturated rings. The first-order valence-electron chi connectivity index (χ1n) is 12.6. The first kappa shape index (κ1) is 28.6. The van der Waals surface area contributed by atoms with Gasteiger partial charge in [-0.2, -0.15) is 8.78 Å². The molecule has 2 aromatic heterocycles. The highest BCUT2D eigenvalue weighted by atomic mass is 35.5. The molecule has 0 bridgehead atoms. The molecule has 1 aliphatic carbocycles. The van der Waals surface area contributed by atoms with Gasteiger partial charge >= 0.3 is 18.3 Å². The van der Waals surface area contributed by atoms with E-state index in [4.69, 9.17) is 32.7 Å². The van der Waals surface area contributed by atoms with Gasteiger partial charge in [0.15, 0.2) is 11.5 Å². The Labute approximate surface area is 241 Å². The molecule has 41 heavy (non-hydrogen) atoms. The number of halogens is 4. The van der Waals surface area contributed by atoms with Gasteiger partial charge in [-0.1, -0.05) is 41.4 Å². The standard InChI is InChI=1S/C28H23Cl2F2N3O6/c29-19-11-33-12-20(30)18(19)10-23(16-7-8-22(41-27(31)32)24(9-16)39-14-15-5-6-15)40-25(36)13-35-21-4-2-1-3-17(21)26(37)34-28(35)38/h1-4,7-9,11-12,15,23,27H,5-6,10,13-14H2,(H,34,37,38)/t23-/m0/s1. The quantitative estimate of drug-likeness (QED) is 0.231. The Morgan fingerprint density at radius 1 is 1.07 bits per heavy atom. The number of carbonyl (C=O) groups is 1. The van der Waals surface area contributed by atoms with Crippen LogP contribution in [0.4, 0.5) is 8.78 Å². The van der Waals surface area contributed by atoms with E-state index in [1.54, 1.807) is 18.2 Å². The average Bonchev–Trinajstić information content (AvgIpc) is 3.76. The van der Waals surface area contributed by atoms with Crippen molar-refractivity contribution in [3.05, 3.63) is 96.9 Å². The summed E-state index contributed by atoms with van der Waals surface area (Å²) in [7, 11) is 0. The van der Waals surface area contributed by atoms with Crippen molar-refractivity contribution in [2.45, 2.75) is 38.5 Å². The van der Waals surface area contributed by atoms with Gasteiger partial charge in [-0.15, -0.1) is 0 Å². The van der Waals surface area contributed by atoms with Crippen molar-refractivity contribution in [3.8, 4) is 11.5 Å². The minimum Gasteiger partial charge on any atom is -0.489 e. The number of rotatable bonds is 11. The van der Waals surface area contributed by atoms with E-state index in [1.165, 1.54) is 36.7 Å². The zero-order chi connectivity index (χ0) is 29.1. The molecule has 214 valence electrons. The van der Waals surface area contributed by atoms with E-state index >= 15 is 0 Å². The molecule has 0 unspecified atom stereocenters. The zero-order valence-electron chi connectivity index (χ0n) is 21.3. The van der Waals surface area contributed by atoms with Crippen LogP contribution in [0, 0.1) is 5.92 Å². The number of hydrogen-bond acceptors (Lipinski definition) is 7. The number of alkyl halides is 2. The van der Waals surface area contributed by atoms with Crippen molar-refractivity contribution in [2.75, 3.05) is 6.61 Å². The second kappa shape index (κ2) is 12.3. The largest absolute Gasteiger partial charge is 0.489 e. The summed E-state index contributed by atoms with van der Waals surface area (Å²) in [6.45, 7) is -3.28. The molecule has 4 aromatic rings. The summed E-state index contributed by atoms with van der Waals surface area (Å²) in [4.78, 5) is 44.2. The monoisotopic (exact) mass is 605 g/mol. The van der Waals surface area contributed by atoms with Gasteiger partial charge in [0.2, 0.25) is 0 Å². The van der Waals surface area contributed by atoms with E-state index in [2.05, 4.69) is 14.7 Å². The molecule has 0 spiro atoms. The minimum atomic E-state index is -3.07. The van der Waals surface area contributed by atoms with Gasteiger partial charge in [-0.25, -0.2) is 4.79 Å². The van der Waals surface area contributed by atoms with Crippen LogP contribution >= 0.6 is 23.2 Å². The fraction of sp³-hybridized carbons (Fsp3) is 0.286. The fourth-order valence-electron chi connectivity index (χ4n) is 4.29. The number of nitrogens with zero attached hydrogens (tertiary/aromatic N) is 2. The summed E-state index contributed by atoms with van der Waals surface area (Å²) >= 11 is 12.7. The predicted octanol–water partition coefficient (Wildman–Crippen LogP) is 5.31. The first-order chi connectivity index (χ1) is 19.7. The van der Waals surface area contributed by atoms with Gasteiger partial charge in [-0.05, 0) is 54.2 Å². The van der Waals surface area contributed by atoms with Crippen LogP contribution in [0.15, 0.2) is 64.4 Å². The number of ether oxygens (including phenoxy) is 3. The molecule has 0 radical (unpaired) electrons. The number of esters is 1. The van der Waals surface area contributed by atoms with E-state index in [9.17, 15) is 23.2 Å². The Kier molecular flexibility index (Phi) is 8.55.